The van der Waals surface area contributed by atoms with E-state index in [1.165, 1.54) is 0 Å². The predicted molar refractivity (Wildman–Crippen MR) is 85.4 cm³/mol. The molecule has 0 radical (unpaired) electrons. The van der Waals surface area contributed by atoms with Crippen LogP contribution in [0.4, 0.5) is 0 Å². The molecule has 0 spiro atoms. The van der Waals surface area contributed by atoms with Gasteiger partial charge in [0.05, 0.1) is 12.7 Å². The maximum absolute atomic E-state index is 12.3. The van der Waals surface area contributed by atoms with E-state index < -0.39 is 5.38 Å². The van der Waals surface area contributed by atoms with Crippen molar-refractivity contribution >= 4 is 23.4 Å². The Balaban J connectivity index is 1.91. The maximum atomic E-state index is 12.3. The third kappa shape index (κ3) is 3.91. The van der Waals surface area contributed by atoms with Gasteiger partial charge in [-0.1, -0.05) is 12.1 Å². The molecule has 1 saturated heterocycles. The highest BCUT2D eigenvalue weighted by Gasteiger charge is 2.26. The number of para-hydroxylation sites is 1. The minimum Gasteiger partial charge on any atom is -0.496 e. The smallest absolute Gasteiger partial charge is 0.255 e. The number of amides is 2. The fourth-order valence-electron chi connectivity index (χ4n) is 2.59. The summed E-state index contributed by atoms with van der Waals surface area (Å²) in [6.45, 7) is 2.92. The van der Waals surface area contributed by atoms with Gasteiger partial charge in [-0.15, -0.1) is 11.6 Å². The standard InChI is InChI=1S/C16H21ClN2O3/c1-11(17)16(21)19-9-7-12(8-10-19)18-15(20)13-5-3-4-6-14(13)22-2/h3-6,11-12H,7-10H2,1-2H3,(H,18,20). The van der Waals surface area contributed by atoms with Crippen LogP contribution in [0, 0.1) is 0 Å². The molecule has 1 heterocycles. The number of halogens is 1. The number of nitrogens with zero attached hydrogens (tertiary/aromatic N) is 1. The second-order valence-electron chi connectivity index (χ2n) is 5.39. The Kier molecular flexibility index (Phi) is 5.66. The van der Waals surface area contributed by atoms with Crippen LogP contribution in [0.1, 0.15) is 30.1 Å². The molecule has 1 aliphatic heterocycles. The molecular formula is C16H21ClN2O3. The largest absolute Gasteiger partial charge is 0.496 e. The Morgan fingerprint density at radius 3 is 2.55 bits per heavy atom. The van der Waals surface area contributed by atoms with Crippen LogP contribution in [0.15, 0.2) is 24.3 Å². The molecular weight excluding hydrogens is 304 g/mol. The number of ether oxygens (including phenoxy) is 1. The summed E-state index contributed by atoms with van der Waals surface area (Å²) in [5, 5.41) is 2.51. The number of alkyl halides is 1. The van der Waals surface area contributed by atoms with Crippen LogP contribution in [-0.2, 0) is 4.79 Å². The van der Waals surface area contributed by atoms with E-state index in [9.17, 15) is 9.59 Å². The average Bonchev–Trinajstić information content (AvgIpc) is 2.54. The Morgan fingerprint density at radius 2 is 1.95 bits per heavy atom. The summed E-state index contributed by atoms with van der Waals surface area (Å²) >= 11 is 5.82. The summed E-state index contributed by atoms with van der Waals surface area (Å²) in [5.41, 5.74) is 0.526. The summed E-state index contributed by atoms with van der Waals surface area (Å²) in [7, 11) is 1.55. The molecule has 1 N–H and O–H groups in total. The molecule has 2 amide bonds. The number of hydrogen-bond acceptors (Lipinski definition) is 3. The van der Waals surface area contributed by atoms with Gasteiger partial charge >= 0.3 is 0 Å². The molecule has 1 atom stereocenters. The van der Waals surface area contributed by atoms with Gasteiger partial charge in [-0.05, 0) is 31.9 Å². The minimum atomic E-state index is -0.500. The molecule has 1 aromatic carbocycles. The Bertz CT molecular complexity index is 540. The first-order valence-corrected chi connectivity index (χ1v) is 7.83. The van der Waals surface area contributed by atoms with E-state index in [1.807, 2.05) is 6.07 Å². The number of likely N-dealkylation sites (tertiary alicyclic amines) is 1. The van der Waals surface area contributed by atoms with E-state index >= 15 is 0 Å². The molecule has 0 bridgehead atoms. The second kappa shape index (κ2) is 7.49. The van der Waals surface area contributed by atoms with Crippen molar-refractivity contribution in [3.8, 4) is 5.75 Å². The van der Waals surface area contributed by atoms with Crippen molar-refractivity contribution in [2.75, 3.05) is 20.2 Å². The molecule has 1 fully saturated rings. The van der Waals surface area contributed by atoms with Crippen LogP contribution in [0.25, 0.3) is 0 Å². The second-order valence-corrected chi connectivity index (χ2v) is 6.04. The van der Waals surface area contributed by atoms with E-state index in [0.29, 0.717) is 24.4 Å². The number of benzene rings is 1. The Hall–Kier alpha value is -1.75. The highest BCUT2D eigenvalue weighted by Crippen LogP contribution is 2.19. The first-order chi connectivity index (χ1) is 10.5. The van der Waals surface area contributed by atoms with Gasteiger partial charge in [0, 0.05) is 19.1 Å². The number of hydrogen-bond donors (Lipinski definition) is 1. The molecule has 120 valence electrons. The fraction of sp³-hybridized carbons (Fsp3) is 0.500. The lowest BCUT2D eigenvalue weighted by Crippen LogP contribution is -2.48. The summed E-state index contributed by atoms with van der Waals surface area (Å²) in [6, 6.07) is 7.19. The maximum Gasteiger partial charge on any atom is 0.255 e. The van der Waals surface area contributed by atoms with Gasteiger partial charge in [-0.25, -0.2) is 0 Å². The molecule has 22 heavy (non-hydrogen) atoms. The number of piperidine rings is 1. The van der Waals surface area contributed by atoms with Crippen molar-refractivity contribution in [1.29, 1.82) is 0 Å². The number of rotatable bonds is 4. The number of carbonyl (C=O) groups is 2. The van der Waals surface area contributed by atoms with Gasteiger partial charge in [0.15, 0.2) is 0 Å². The number of methoxy groups -OCH3 is 1. The molecule has 1 unspecified atom stereocenters. The van der Waals surface area contributed by atoms with Crippen molar-refractivity contribution in [2.45, 2.75) is 31.2 Å². The van der Waals surface area contributed by atoms with Crippen LogP contribution in [0.2, 0.25) is 0 Å². The third-order valence-electron chi connectivity index (χ3n) is 3.83. The quantitative estimate of drug-likeness (QED) is 0.862. The van der Waals surface area contributed by atoms with Gasteiger partial charge in [0.2, 0.25) is 5.91 Å². The lowest BCUT2D eigenvalue weighted by molar-refractivity contribution is -0.131. The van der Waals surface area contributed by atoms with E-state index in [1.54, 1.807) is 37.1 Å². The summed E-state index contributed by atoms with van der Waals surface area (Å²) in [6.07, 6.45) is 1.46. The fourth-order valence-corrected chi connectivity index (χ4v) is 2.73. The molecule has 5 nitrogen and oxygen atoms in total. The molecule has 0 aliphatic carbocycles. The van der Waals surface area contributed by atoms with Crippen molar-refractivity contribution in [1.82, 2.24) is 10.2 Å². The van der Waals surface area contributed by atoms with E-state index in [0.717, 1.165) is 12.8 Å². The number of carbonyl (C=O) groups excluding carboxylic acids is 2. The van der Waals surface area contributed by atoms with Crippen molar-refractivity contribution < 1.29 is 14.3 Å². The first kappa shape index (κ1) is 16.6. The van der Waals surface area contributed by atoms with Crippen molar-refractivity contribution in [3.63, 3.8) is 0 Å². The van der Waals surface area contributed by atoms with Gasteiger partial charge in [0.1, 0.15) is 11.1 Å². The van der Waals surface area contributed by atoms with Crippen LogP contribution in [-0.4, -0.2) is 48.3 Å². The molecule has 6 heteroatoms. The molecule has 2 rings (SSSR count). The van der Waals surface area contributed by atoms with E-state index in [-0.39, 0.29) is 17.9 Å². The van der Waals surface area contributed by atoms with Gasteiger partial charge < -0.3 is 15.0 Å². The molecule has 0 aromatic heterocycles. The zero-order valence-corrected chi connectivity index (χ0v) is 13.6. The van der Waals surface area contributed by atoms with E-state index in [2.05, 4.69) is 5.32 Å². The van der Waals surface area contributed by atoms with Gasteiger partial charge in [-0.2, -0.15) is 0 Å². The normalized spacial score (nSPS) is 17.0. The SMILES string of the molecule is COc1ccccc1C(=O)NC1CCN(C(=O)C(C)Cl)CC1. The third-order valence-corrected chi connectivity index (χ3v) is 4.02. The minimum absolute atomic E-state index is 0.0452. The monoisotopic (exact) mass is 324 g/mol. The molecule has 0 saturated carbocycles. The first-order valence-electron chi connectivity index (χ1n) is 7.39. The number of nitrogens with one attached hydrogen (secondary N) is 1. The lowest BCUT2D eigenvalue weighted by Gasteiger charge is -2.33. The van der Waals surface area contributed by atoms with Gasteiger partial charge in [0.25, 0.3) is 5.91 Å². The predicted octanol–water partition coefficient (Wildman–Crippen LogP) is 2.04. The zero-order chi connectivity index (χ0) is 16.1. The topological polar surface area (TPSA) is 58.6 Å². The van der Waals surface area contributed by atoms with Crippen LogP contribution in [0.5, 0.6) is 5.75 Å². The molecule has 1 aliphatic rings. The summed E-state index contributed by atoms with van der Waals surface area (Å²) < 4.78 is 5.20. The summed E-state index contributed by atoms with van der Waals surface area (Å²) in [4.78, 5) is 25.9. The van der Waals surface area contributed by atoms with Crippen molar-refractivity contribution in [2.24, 2.45) is 0 Å². The Labute approximate surface area is 135 Å². The van der Waals surface area contributed by atoms with Crippen LogP contribution in [0.3, 0.4) is 0 Å². The van der Waals surface area contributed by atoms with Crippen LogP contribution >= 0.6 is 11.6 Å². The van der Waals surface area contributed by atoms with Crippen LogP contribution < -0.4 is 10.1 Å². The lowest BCUT2D eigenvalue weighted by atomic mass is 10.0. The molecule has 1 aromatic rings. The van der Waals surface area contributed by atoms with Crippen molar-refractivity contribution in [3.05, 3.63) is 29.8 Å². The Morgan fingerprint density at radius 1 is 1.32 bits per heavy atom. The zero-order valence-electron chi connectivity index (χ0n) is 12.8. The van der Waals surface area contributed by atoms with E-state index in [4.69, 9.17) is 16.3 Å². The van der Waals surface area contributed by atoms with Gasteiger partial charge in [-0.3, -0.25) is 9.59 Å². The summed E-state index contributed by atoms with van der Waals surface area (Å²) in [5.74, 6) is 0.368. The highest BCUT2D eigenvalue weighted by molar-refractivity contribution is 6.30. The average molecular weight is 325 g/mol. The highest BCUT2D eigenvalue weighted by atomic mass is 35.5.